The first-order valence-electron chi connectivity index (χ1n) is 6.43. The molecule has 2 unspecified atom stereocenters. The number of aryl methyl sites for hydroxylation is 1. The molecule has 0 bridgehead atoms. The summed E-state index contributed by atoms with van der Waals surface area (Å²) in [5.74, 6) is 0.414. The number of aliphatic hydroxyl groups excluding tert-OH is 1. The van der Waals surface area contributed by atoms with Crippen molar-refractivity contribution in [3.63, 3.8) is 0 Å². The van der Waals surface area contributed by atoms with Gasteiger partial charge in [0.25, 0.3) is 0 Å². The second kappa shape index (κ2) is 4.74. The average molecular weight is 262 g/mol. The molecule has 1 saturated carbocycles. The van der Waals surface area contributed by atoms with Crippen molar-refractivity contribution in [2.75, 3.05) is 0 Å². The maximum atomic E-state index is 13.4. The third-order valence-electron chi connectivity index (χ3n) is 3.54. The Morgan fingerprint density at radius 3 is 2.84 bits per heavy atom. The summed E-state index contributed by atoms with van der Waals surface area (Å²) in [5.41, 5.74) is 1.40. The van der Waals surface area contributed by atoms with Crippen LogP contribution in [0.25, 0.3) is 11.4 Å². The zero-order valence-electron chi connectivity index (χ0n) is 10.6. The molecule has 1 aliphatic rings. The van der Waals surface area contributed by atoms with Gasteiger partial charge < -0.3 is 9.63 Å². The lowest BCUT2D eigenvalue weighted by Gasteiger charge is -2.07. The number of benzene rings is 1. The van der Waals surface area contributed by atoms with Crippen LogP contribution in [0.4, 0.5) is 4.39 Å². The molecule has 1 aromatic carbocycles. The highest BCUT2D eigenvalue weighted by Gasteiger charge is 2.31. The molecular formula is C14H15FN2O2. The summed E-state index contributed by atoms with van der Waals surface area (Å²) in [6, 6.07) is 4.64. The maximum absolute atomic E-state index is 13.4. The predicted octanol–water partition coefficient (Wildman–Crippen LogP) is 2.81. The van der Waals surface area contributed by atoms with Crippen LogP contribution in [0.1, 0.15) is 36.6 Å². The van der Waals surface area contributed by atoms with E-state index < -0.39 is 6.10 Å². The van der Waals surface area contributed by atoms with Crippen molar-refractivity contribution >= 4 is 0 Å². The predicted molar refractivity (Wildman–Crippen MR) is 67.0 cm³/mol. The van der Waals surface area contributed by atoms with Crippen LogP contribution in [0.2, 0.25) is 0 Å². The van der Waals surface area contributed by atoms with Crippen molar-refractivity contribution < 1.29 is 14.0 Å². The highest BCUT2D eigenvalue weighted by molar-refractivity contribution is 5.55. The number of nitrogens with zero attached hydrogens (tertiary/aromatic N) is 2. The van der Waals surface area contributed by atoms with Crippen LogP contribution in [0, 0.1) is 12.7 Å². The Morgan fingerprint density at radius 2 is 2.16 bits per heavy atom. The number of hydrogen-bond donors (Lipinski definition) is 1. The van der Waals surface area contributed by atoms with Crippen LogP contribution in [-0.4, -0.2) is 21.4 Å². The van der Waals surface area contributed by atoms with E-state index in [-0.39, 0.29) is 11.7 Å². The normalized spacial score (nSPS) is 22.9. The van der Waals surface area contributed by atoms with E-state index in [9.17, 15) is 9.50 Å². The molecule has 2 aromatic rings. The zero-order valence-corrected chi connectivity index (χ0v) is 10.6. The number of halogens is 1. The summed E-state index contributed by atoms with van der Waals surface area (Å²) in [4.78, 5) is 4.29. The molecular weight excluding hydrogens is 247 g/mol. The van der Waals surface area contributed by atoms with Gasteiger partial charge in [0.1, 0.15) is 5.82 Å². The first kappa shape index (κ1) is 12.3. The quantitative estimate of drug-likeness (QED) is 0.904. The van der Waals surface area contributed by atoms with Crippen LogP contribution in [-0.2, 0) is 0 Å². The largest absolute Gasteiger partial charge is 0.392 e. The van der Waals surface area contributed by atoms with Gasteiger partial charge in [-0.3, -0.25) is 0 Å². The summed E-state index contributed by atoms with van der Waals surface area (Å²) >= 11 is 0. The molecule has 1 N–H and O–H groups in total. The van der Waals surface area contributed by atoms with Crippen molar-refractivity contribution in [1.29, 1.82) is 0 Å². The molecule has 0 saturated heterocycles. The van der Waals surface area contributed by atoms with Crippen molar-refractivity contribution in [3.8, 4) is 11.4 Å². The molecule has 0 radical (unpaired) electrons. The van der Waals surface area contributed by atoms with Gasteiger partial charge in [-0.1, -0.05) is 5.16 Å². The first-order valence-corrected chi connectivity index (χ1v) is 6.43. The third kappa shape index (κ3) is 2.38. The molecule has 1 heterocycles. The Bertz CT molecular complexity index is 577. The molecule has 1 aromatic heterocycles. The van der Waals surface area contributed by atoms with Gasteiger partial charge in [-0.05, 0) is 49.9 Å². The Kier molecular flexibility index (Phi) is 3.06. The number of rotatable bonds is 2. The molecule has 1 fully saturated rings. The SMILES string of the molecule is Cc1cc(F)cc(-c2noc(C3CCCC3O)n2)c1. The lowest BCUT2D eigenvalue weighted by Crippen LogP contribution is -2.11. The van der Waals surface area contributed by atoms with Crippen molar-refractivity contribution in [2.45, 2.75) is 38.2 Å². The molecule has 1 aliphatic carbocycles. The van der Waals surface area contributed by atoms with E-state index in [2.05, 4.69) is 10.1 Å². The summed E-state index contributed by atoms with van der Waals surface area (Å²) in [6.45, 7) is 1.81. The standard InChI is InChI=1S/C14H15FN2O2/c1-8-5-9(7-10(15)6-8)13-16-14(19-17-13)11-3-2-4-12(11)18/h5-7,11-12,18H,2-4H2,1H3. The lowest BCUT2D eigenvalue weighted by atomic mass is 10.1. The van der Waals surface area contributed by atoms with E-state index >= 15 is 0 Å². The lowest BCUT2D eigenvalue weighted by molar-refractivity contribution is 0.148. The summed E-state index contributed by atoms with van der Waals surface area (Å²) in [7, 11) is 0. The molecule has 0 aliphatic heterocycles. The minimum absolute atomic E-state index is 0.0871. The fourth-order valence-electron chi connectivity index (χ4n) is 2.60. The Morgan fingerprint density at radius 1 is 1.32 bits per heavy atom. The zero-order chi connectivity index (χ0) is 13.4. The molecule has 100 valence electrons. The summed E-state index contributed by atoms with van der Waals surface area (Å²) in [6.07, 6.45) is 2.16. The molecule has 3 rings (SSSR count). The van der Waals surface area contributed by atoms with Gasteiger partial charge in [0.05, 0.1) is 12.0 Å². The van der Waals surface area contributed by atoms with E-state index in [1.165, 1.54) is 12.1 Å². The highest BCUT2D eigenvalue weighted by Crippen LogP contribution is 2.34. The van der Waals surface area contributed by atoms with Gasteiger partial charge in [0.15, 0.2) is 0 Å². The highest BCUT2D eigenvalue weighted by atomic mass is 19.1. The van der Waals surface area contributed by atoms with Crippen molar-refractivity contribution in [1.82, 2.24) is 10.1 Å². The second-order valence-electron chi connectivity index (χ2n) is 5.08. The van der Waals surface area contributed by atoms with Crippen molar-refractivity contribution in [3.05, 3.63) is 35.5 Å². The smallest absolute Gasteiger partial charge is 0.232 e. The van der Waals surface area contributed by atoms with Crippen LogP contribution in [0.15, 0.2) is 22.7 Å². The van der Waals surface area contributed by atoms with Gasteiger partial charge in [0, 0.05) is 5.56 Å². The molecule has 2 atom stereocenters. The van der Waals surface area contributed by atoms with Gasteiger partial charge in [-0.2, -0.15) is 4.98 Å². The Hall–Kier alpha value is -1.75. The first-order chi connectivity index (χ1) is 9.13. The molecule has 0 amide bonds. The minimum Gasteiger partial charge on any atom is -0.392 e. The van der Waals surface area contributed by atoms with Crippen LogP contribution in [0.5, 0.6) is 0 Å². The van der Waals surface area contributed by atoms with Gasteiger partial charge >= 0.3 is 0 Å². The van der Waals surface area contributed by atoms with Crippen LogP contribution < -0.4 is 0 Å². The van der Waals surface area contributed by atoms with Crippen molar-refractivity contribution in [2.24, 2.45) is 0 Å². The number of aliphatic hydroxyl groups is 1. The fourth-order valence-corrected chi connectivity index (χ4v) is 2.60. The Labute approximate surface area is 110 Å². The van der Waals surface area contributed by atoms with E-state index in [0.29, 0.717) is 17.3 Å². The number of hydrogen-bond acceptors (Lipinski definition) is 4. The third-order valence-corrected chi connectivity index (χ3v) is 3.54. The average Bonchev–Trinajstić information content (AvgIpc) is 2.95. The molecule has 19 heavy (non-hydrogen) atoms. The second-order valence-corrected chi connectivity index (χ2v) is 5.08. The van der Waals surface area contributed by atoms with E-state index in [1.807, 2.05) is 13.0 Å². The Balaban J connectivity index is 1.92. The maximum Gasteiger partial charge on any atom is 0.232 e. The topological polar surface area (TPSA) is 59.2 Å². The fraction of sp³-hybridized carbons (Fsp3) is 0.429. The van der Waals surface area contributed by atoms with E-state index in [1.54, 1.807) is 0 Å². The van der Waals surface area contributed by atoms with Gasteiger partial charge in [-0.15, -0.1) is 0 Å². The van der Waals surface area contributed by atoms with Gasteiger partial charge in [-0.25, -0.2) is 4.39 Å². The molecule has 5 heteroatoms. The summed E-state index contributed by atoms with van der Waals surface area (Å²) < 4.78 is 18.6. The van der Waals surface area contributed by atoms with Crippen LogP contribution in [0.3, 0.4) is 0 Å². The minimum atomic E-state index is -0.414. The summed E-state index contributed by atoms with van der Waals surface area (Å²) in [5, 5.41) is 13.7. The van der Waals surface area contributed by atoms with E-state index in [0.717, 1.165) is 24.8 Å². The van der Waals surface area contributed by atoms with Gasteiger partial charge in [0.2, 0.25) is 11.7 Å². The number of aromatic nitrogens is 2. The molecule has 4 nitrogen and oxygen atoms in total. The van der Waals surface area contributed by atoms with Crippen LogP contribution >= 0.6 is 0 Å². The monoisotopic (exact) mass is 262 g/mol. The van der Waals surface area contributed by atoms with E-state index in [4.69, 9.17) is 4.52 Å². The molecule has 0 spiro atoms.